The third-order valence-corrected chi connectivity index (χ3v) is 3.93. The lowest BCUT2D eigenvalue weighted by molar-refractivity contribution is -0.149. The first kappa shape index (κ1) is 14.1. The Morgan fingerprint density at radius 3 is 2.76 bits per heavy atom. The number of rotatable bonds is 5. The standard InChI is InChI=1S/C13H19NO2S/c1-13(2,12(15)16-3)9-17-11-6-4-5-10(7-11)8-14/h4-7H,8-9,14H2,1-3H3. The molecule has 0 atom stereocenters. The second kappa shape index (κ2) is 6.07. The van der Waals surface area contributed by atoms with E-state index in [0.717, 1.165) is 10.5 Å². The number of methoxy groups -OCH3 is 1. The molecule has 17 heavy (non-hydrogen) atoms. The average Bonchev–Trinajstić information content (AvgIpc) is 2.35. The van der Waals surface area contributed by atoms with Gasteiger partial charge in [0.2, 0.25) is 0 Å². The second-order valence-corrected chi connectivity index (χ2v) is 5.56. The molecular formula is C13H19NO2S. The molecule has 0 aliphatic rings. The van der Waals surface area contributed by atoms with E-state index >= 15 is 0 Å². The number of carbonyl (C=O) groups is 1. The molecule has 0 saturated heterocycles. The predicted molar refractivity (Wildman–Crippen MR) is 70.9 cm³/mol. The summed E-state index contributed by atoms with van der Waals surface area (Å²) in [4.78, 5) is 12.7. The van der Waals surface area contributed by atoms with Gasteiger partial charge >= 0.3 is 5.97 Å². The van der Waals surface area contributed by atoms with Gasteiger partial charge in [-0.1, -0.05) is 12.1 Å². The van der Waals surface area contributed by atoms with E-state index < -0.39 is 5.41 Å². The van der Waals surface area contributed by atoms with Crippen LogP contribution < -0.4 is 5.73 Å². The minimum atomic E-state index is -0.474. The summed E-state index contributed by atoms with van der Waals surface area (Å²) in [5, 5.41) is 0. The van der Waals surface area contributed by atoms with Crippen molar-refractivity contribution < 1.29 is 9.53 Å². The Morgan fingerprint density at radius 1 is 1.47 bits per heavy atom. The molecule has 0 fully saturated rings. The maximum Gasteiger partial charge on any atom is 0.312 e. The summed E-state index contributed by atoms with van der Waals surface area (Å²) in [5.41, 5.74) is 6.22. The average molecular weight is 253 g/mol. The van der Waals surface area contributed by atoms with Crippen LogP contribution in [0.5, 0.6) is 0 Å². The number of thioether (sulfide) groups is 1. The topological polar surface area (TPSA) is 52.3 Å². The van der Waals surface area contributed by atoms with E-state index in [2.05, 4.69) is 6.07 Å². The molecule has 0 bridgehead atoms. The Labute approximate surface area is 107 Å². The highest BCUT2D eigenvalue weighted by Gasteiger charge is 2.28. The highest BCUT2D eigenvalue weighted by molar-refractivity contribution is 7.99. The van der Waals surface area contributed by atoms with E-state index in [1.54, 1.807) is 11.8 Å². The van der Waals surface area contributed by atoms with Crippen LogP contribution in [0.15, 0.2) is 29.2 Å². The van der Waals surface area contributed by atoms with E-state index in [1.165, 1.54) is 7.11 Å². The molecule has 0 aromatic heterocycles. The van der Waals surface area contributed by atoms with Crippen molar-refractivity contribution in [2.45, 2.75) is 25.3 Å². The van der Waals surface area contributed by atoms with Crippen LogP contribution in [0, 0.1) is 5.41 Å². The van der Waals surface area contributed by atoms with Crippen molar-refractivity contribution in [2.24, 2.45) is 11.1 Å². The van der Waals surface area contributed by atoms with Crippen LogP contribution in [0.2, 0.25) is 0 Å². The zero-order valence-electron chi connectivity index (χ0n) is 10.5. The van der Waals surface area contributed by atoms with Crippen molar-refractivity contribution in [2.75, 3.05) is 12.9 Å². The van der Waals surface area contributed by atoms with Gasteiger partial charge in [0, 0.05) is 17.2 Å². The highest BCUT2D eigenvalue weighted by atomic mass is 32.2. The van der Waals surface area contributed by atoms with Crippen LogP contribution in [-0.4, -0.2) is 18.8 Å². The van der Waals surface area contributed by atoms with Gasteiger partial charge in [0.05, 0.1) is 12.5 Å². The molecule has 0 radical (unpaired) electrons. The van der Waals surface area contributed by atoms with Gasteiger partial charge in [0.25, 0.3) is 0 Å². The molecule has 0 aliphatic heterocycles. The molecule has 0 heterocycles. The third-order valence-electron chi connectivity index (χ3n) is 2.47. The quantitative estimate of drug-likeness (QED) is 0.647. The lowest BCUT2D eigenvalue weighted by Gasteiger charge is -2.20. The van der Waals surface area contributed by atoms with Crippen LogP contribution in [0.25, 0.3) is 0 Å². The summed E-state index contributed by atoms with van der Waals surface area (Å²) in [5.74, 6) is 0.508. The summed E-state index contributed by atoms with van der Waals surface area (Å²) < 4.78 is 4.78. The van der Waals surface area contributed by atoms with Crippen molar-refractivity contribution in [3.05, 3.63) is 29.8 Å². The molecule has 0 amide bonds. The number of ether oxygens (including phenoxy) is 1. The Kier molecular flexibility index (Phi) is 5.02. The minimum absolute atomic E-state index is 0.181. The molecule has 0 aliphatic carbocycles. The van der Waals surface area contributed by atoms with Gasteiger partial charge in [0.1, 0.15) is 0 Å². The van der Waals surface area contributed by atoms with Gasteiger partial charge in [-0.3, -0.25) is 4.79 Å². The number of hydrogen-bond acceptors (Lipinski definition) is 4. The first-order valence-electron chi connectivity index (χ1n) is 5.50. The Hall–Kier alpha value is -1.00. The predicted octanol–water partition coefficient (Wildman–Crippen LogP) is 2.44. The number of benzene rings is 1. The third kappa shape index (κ3) is 4.06. The number of carbonyl (C=O) groups excluding carboxylic acids is 1. The first-order chi connectivity index (χ1) is 7.99. The zero-order valence-corrected chi connectivity index (χ0v) is 11.3. The maximum atomic E-state index is 11.5. The van der Waals surface area contributed by atoms with Crippen LogP contribution in [-0.2, 0) is 16.1 Å². The second-order valence-electron chi connectivity index (χ2n) is 4.52. The van der Waals surface area contributed by atoms with Crippen molar-refractivity contribution in [1.29, 1.82) is 0 Å². The van der Waals surface area contributed by atoms with Crippen LogP contribution >= 0.6 is 11.8 Å². The molecule has 2 N–H and O–H groups in total. The summed E-state index contributed by atoms with van der Waals surface area (Å²) in [7, 11) is 1.42. The number of hydrogen-bond donors (Lipinski definition) is 1. The zero-order chi connectivity index (χ0) is 12.9. The highest BCUT2D eigenvalue weighted by Crippen LogP contribution is 2.28. The van der Waals surface area contributed by atoms with Gasteiger partial charge < -0.3 is 10.5 Å². The van der Waals surface area contributed by atoms with E-state index in [1.807, 2.05) is 32.0 Å². The molecule has 0 unspecified atom stereocenters. The SMILES string of the molecule is COC(=O)C(C)(C)CSc1cccc(CN)c1. The number of nitrogens with two attached hydrogens (primary N) is 1. The fourth-order valence-corrected chi connectivity index (χ4v) is 2.42. The number of esters is 1. The normalized spacial score (nSPS) is 11.3. The Morgan fingerprint density at radius 2 is 2.18 bits per heavy atom. The molecule has 94 valence electrons. The van der Waals surface area contributed by atoms with Crippen molar-refractivity contribution in [3.8, 4) is 0 Å². The van der Waals surface area contributed by atoms with Gasteiger partial charge in [-0.15, -0.1) is 11.8 Å². The summed E-state index contributed by atoms with van der Waals surface area (Å²) in [6.07, 6.45) is 0. The Balaban J connectivity index is 2.63. The maximum absolute atomic E-state index is 11.5. The molecule has 3 nitrogen and oxygen atoms in total. The smallest absolute Gasteiger partial charge is 0.312 e. The van der Waals surface area contributed by atoms with Gasteiger partial charge in [-0.05, 0) is 31.5 Å². The van der Waals surface area contributed by atoms with Crippen LogP contribution in [0.1, 0.15) is 19.4 Å². The molecule has 1 aromatic rings. The van der Waals surface area contributed by atoms with Gasteiger partial charge in [-0.2, -0.15) is 0 Å². The molecule has 0 saturated carbocycles. The van der Waals surface area contributed by atoms with Gasteiger partial charge in [0.15, 0.2) is 0 Å². The molecule has 1 aromatic carbocycles. The van der Waals surface area contributed by atoms with Crippen molar-refractivity contribution in [3.63, 3.8) is 0 Å². The Bertz CT molecular complexity index is 391. The monoisotopic (exact) mass is 253 g/mol. The van der Waals surface area contributed by atoms with Crippen molar-refractivity contribution >= 4 is 17.7 Å². The lowest BCUT2D eigenvalue weighted by atomic mass is 9.97. The van der Waals surface area contributed by atoms with E-state index in [-0.39, 0.29) is 5.97 Å². The van der Waals surface area contributed by atoms with Crippen LogP contribution in [0.4, 0.5) is 0 Å². The first-order valence-corrected chi connectivity index (χ1v) is 6.48. The summed E-state index contributed by atoms with van der Waals surface area (Å²) in [6.45, 7) is 4.31. The fraction of sp³-hybridized carbons (Fsp3) is 0.462. The molecule has 0 spiro atoms. The molecule has 1 rings (SSSR count). The minimum Gasteiger partial charge on any atom is -0.469 e. The summed E-state index contributed by atoms with van der Waals surface area (Å²) >= 11 is 1.64. The molecular weight excluding hydrogens is 234 g/mol. The summed E-state index contributed by atoms with van der Waals surface area (Å²) in [6, 6.07) is 8.06. The lowest BCUT2D eigenvalue weighted by Crippen LogP contribution is -2.28. The largest absolute Gasteiger partial charge is 0.469 e. The van der Waals surface area contributed by atoms with E-state index in [4.69, 9.17) is 10.5 Å². The fourth-order valence-electron chi connectivity index (χ4n) is 1.36. The van der Waals surface area contributed by atoms with Crippen LogP contribution in [0.3, 0.4) is 0 Å². The van der Waals surface area contributed by atoms with E-state index in [9.17, 15) is 4.79 Å². The van der Waals surface area contributed by atoms with Crippen molar-refractivity contribution in [1.82, 2.24) is 0 Å². The van der Waals surface area contributed by atoms with Gasteiger partial charge in [-0.25, -0.2) is 0 Å². The van der Waals surface area contributed by atoms with E-state index in [0.29, 0.717) is 12.3 Å². The molecule has 4 heteroatoms.